The highest BCUT2D eigenvalue weighted by Gasteiger charge is 2.22. The lowest BCUT2D eigenvalue weighted by molar-refractivity contribution is 0.259. The lowest BCUT2D eigenvalue weighted by atomic mass is 10.1. The average Bonchev–Trinajstić information content (AvgIpc) is 2.98. The van der Waals surface area contributed by atoms with Crippen LogP contribution in [0.15, 0.2) is 16.6 Å². The molecule has 1 atom stereocenters. The molecule has 5 heteroatoms. The van der Waals surface area contributed by atoms with Gasteiger partial charge in [0.25, 0.3) is 0 Å². The van der Waals surface area contributed by atoms with E-state index in [9.17, 15) is 0 Å². The summed E-state index contributed by atoms with van der Waals surface area (Å²) in [6, 6.07) is 4.62. The van der Waals surface area contributed by atoms with Gasteiger partial charge in [0, 0.05) is 29.2 Å². The van der Waals surface area contributed by atoms with Crippen molar-refractivity contribution < 1.29 is 9.47 Å². The molecule has 4 nitrogen and oxygen atoms in total. The maximum atomic E-state index is 5.80. The third-order valence-corrected chi connectivity index (χ3v) is 5.01. The minimum Gasteiger partial charge on any atom is -0.493 e. The van der Waals surface area contributed by atoms with Crippen molar-refractivity contribution in [1.29, 1.82) is 0 Å². The number of likely N-dealkylation sites (N-methyl/N-ethyl adjacent to an activating group) is 1. The number of ether oxygens (including phenoxy) is 2. The molecule has 22 heavy (non-hydrogen) atoms. The largest absolute Gasteiger partial charge is 0.493 e. The van der Waals surface area contributed by atoms with Gasteiger partial charge in [-0.3, -0.25) is 4.90 Å². The van der Waals surface area contributed by atoms with Gasteiger partial charge in [0.15, 0.2) is 11.5 Å². The quantitative estimate of drug-likeness (QED) is 0.759. The molecule has 0 saturated carbocycles. The highest BCUT2D eigenvalue weighted by atomic mass is 79.9. The predicted molar refractivity (Wildman–Crippen MR) is 93.8 cm³/mol. The van der Waals surface area contributed by atoms with E-state index < -0.39 is 0 Å². The molecule has 0 bridgehead atoms. The second-order valence-electron chi connectivity index (χ2n) is 5.55. The molecule has 0 aliphatic carbocycles. The van der Waals surface area contributed by atoms with Gasteiger partial charge in [0.1, 0.15) is 0 Å². The van der Waals surface area contributed by atoms with Crippen LogP contribution in [0.1, 0.15) is 32.3 Å². The van der Waals surface area contributed by atoms with E-state index in [0.29, 0.717) is 12.6 Å². The van der Waals surface area contributed by atoms with Crippen LogP contribution in [0.5, 0.6) is 11.5 Å². The van der Waals surface area contributed by atoms with Crippen molar-refractivity contribution in [2.45, 2.75) is 39.3 Å². The number of nitrogens with zero attached hydrogens (tertiary/aromatic N) is 1. The second kappa shape index (κ2) is 8.75. The van der Waals surface area contributed by atoms with Crippen LogP contribution in [0.25, 0.3) is 0 Å². The third-order valence-electron chi connectivity index (χ3n) is 4.26. The molecule has 1 saturated heterocycles. The van der Waals surface area contributed by atoms with E-state index in [1.807, 2.05) is 19.1 Å². The third kappa shape index (κ3) is 4.15. The first kappa shape index (κ1) is 17.6. The van der Waals surface area contributed by atoms with Crippen molar-refractivity contribution >= 4 is 15.9 Å². The summed E-state index contributed by atoms with van der Waals surface area (Å²) in [6.07, 6.45) is 2.60. The van der Waals surface area contributed by atoms with Gasteiger partial charge in [-0.05, 0) is 45.0 Å². The van der Waals surface area contributed by atoms with Gasteiger partial charge in [0.2, 0.25) is 0 Å². The van der Waals surface area contributed by atoms with Crippen molar-refractivity contribution in [1.82, 2.24) is 10.2 Å². The molecule has 1 fully saturated rings. The number of nitrogens with one attached hydrogen (secondary N) is 1. The molecule has 2 rings (SSSR count). The Kier molecular flexibility index (Phi) is 6.99. The first-order chi connectivity index (χ1) is 10.7. The second-order valence-corrected chi connectivity index (χ2v) is 6.40. The normalized spacial score (nSPS) is 18.6. The fourth-order valence-corrected chi connectivity index (χ4v) is 3.57. The summed E-state index contributed by atoms with van der Waals surface area (Å²) in [5, 5.41) is 3.59. The Labute approximate surface area is 142 Å². The monoisotopic (exact) mass is 370 g/mol. The Balaban J connectivity index is 2.02. The van der Waals surface area contributed by atoms with Gasteiger partial charge >= 0.3 is 0 Å². The molecule has 1 aliphatic heterocycles. The Morgan fingerprint density at radius 3 is 2.86 bits per heavy atom. The van der Waals surface area contributed by atoms with Gasteiger partial charge in [-0.1, -0.05) is 22.9 Å². The van der Waals surface area contributed by atoms with Crippen LogP contribution in [0.3, 0.4) is 0 Å². The summed E-state index contributed by atoms with van der Waals surface area (Å²) in [7, 11) is 1.68. The standard InChI is InChI=1S/C17H27BrN2O2/c1-4-20-10-6-7-13(20)11-19-12-14-15(18)8-9-16(21-3)17(14)22-5-2/h8-9,13,19H,4-7,10-12H2,1-3H3. The lowest BCUT2D eigenvalue weighted by Crippen LogP contribution is -2.37. The molecular formula is C17H27BrN2O2. The molecule has 0 spiro atoms. The van der Waals surface area contributed by atoms with Crippen LogP contribution in [-0.2, 0) is 6.54 Å². The van der Waals surface area contributed by atoms with Gasteiger partial charge in [-0.2, -0.15) is 0 Å². The number of likely N-dealkylation sites (tertiary alicyclic amines) is 1. The Hall–Kier alpha value is -0.780. The first-order valence-electron chi connectivity index (χ1n) is 8.14. The SMILES string of the molecule is CCOc1c(OC)ccc(Br)c1CNCC1CCCN1CC. The molecule has 1 heterocycles. The van der Waals surface area contributed by atoms with Crippen LogP contribution in [0.4, 0.5) is 0 Å². The number of methoxy groups -OCH3 is 1. The Morgan fingerprint density at radius 2 is 2.18 bits per heavy atom. The number of rotatable bonds is 8. The van der Waals surface area contributed by atoms with E-state index in [0.717, 1.165) is 41.2 Å². The first-order valence-corrected chi connectivity index (χ1v) is 8.93. The minimum absolute atomic E-state index is 0.631. The summed E-state index contributed by atoms with van der Waals surface area (Å²) in [5.74, 6) is 1.63. The molecule has 1 aromatic carbocycles. The van der Waals surface area contributed by atoms with Crippen LogP contribution in [0, 0.1) is 0 Å². The van der Waals surface area contributed by atoms with Crippen molar-refractivity contribution in [2.75, 3.05) is 33.4 Å². The van der Waals surface area contributed by atoms with Crippen LogP contribution >= 0.6 is 15.9 Å². The summed E-state index contributed by atoms with van der Waals surface area (Å²) in [5.41, 5.74) is 1.13. The van der Waals surface area contributed by atoms with E-state index in [-0.39, 0.29) is 0 Å². The molecule has 1 aromatic rings. The van der Waals surface area contributed by atoms with E-state index in [1.54, 1.807) is 7.11 Å². The fourth-order valence-electron chi connectivity index (χ4n) is 3.12. The number of hydrogen-bond donors (Lipinski definition) is 1. The highest BCUT2D eigenvalue weighted by Crippen LogP contribution is 2.36. The zero-order chi connectivity index (χ0) is 15.9. The van der Waals surface area contributed by atoms with Crippen LogP contribution in [0.2, 0.25) is 0 Å². The molecule has 0 aromatic heterocycles. The fraction of sp³-hybridized carbons (Fsp3) is 0.647. The van der Waals surface area contributed by atoms with Gasteiger partial charge < -0.3 is 14.8 Å². The zero-order valence-corrected chi connectivity index (χ0v) is 15.4. The predicted octanol–water partition coefficient (Wildman–Crippen LogP) is 3.43. The summed E-state index contributed by atoms with van der Waals surface area (Å²) in [4.78, 5) is 2.55. The molecule has 124 valence electrons. The van der Waals surface area contributed by atoms with Crippen molar-refractivity contribution in [3.8, 4) is 11.5 Å². The van der Waals surface area contributed by atoms with Crippen molar-refractivity contribution in [3.63, 3.8) is 0 Å². The topological polar surface area (TPSA) is 33.7 Å². The summed E-state index contributed by atoms with van der Waals surface area (Å²) in [6.45, 7) is 9.03. The number of benzene rings is 1. The smallest absolute Gasteiger partial charge is 0.166 e. The molecule has 0 radical (unpaired) electrons. The average molecular weight is 371 g/mol. The summed E-state index contributed by atoms with van der Waals surface area (Å²) < 4.78 is 12.3. The van der Waals surface area contributed by atoms with E-state index in [1.165, 1.54) is 19.4 Å². The van der Waals surface area contributed by atoms with Crippen molar-refractivity contribution in [3.05, 3.63) is 22.2 Å². The Bertz CT molecular complexity index is 482. The summed E-state index contributed by atoms with van der Waals surface area (Å²) >= 11 is 3.63. The van der Waals surface area contributed by atoms with Crippen LogP contribution in [-0.4, -0.2) is 44.3 Å². The van der Waals surface area contributed by atoms with E-state index in [2.05, 4.69) is 33.1 Å². The lowest BCUT2D eigenvalue weighted by Gasteiger charge is -2.23. The highest BCUT2D eigenvalue weighted by molar-refractivity contribution is 9.10. The molecule has 1 N–H and O–H groups in total. The maximum absolute atomic E-state index is 5.80. The van der Waals surface area contributed by atoms with E-state index >= 15 is 0 Å². The molecule has 1 unspecified atom stereocenters. The molecule has 0 amide bonds. The number of halogens is 1. The van der Waals surface area contributed by atoms with Gasteiger partial charge in [-0.25, -0.2) is 0 Å². The van der Waals surface area contributed by atoms with Crippen LogP contribution < -0.4 is 14.8 Å². The number of hydrogen-bond acceptors (Lipinski definition) is 4. The van der Waals surface area contributed by atoms with Crippen molar-refractivity contribution in [2.24, 2.45) is 0 Å². The minimum atomic E-state index is 0.631. The maximum Gasteiger partial charge on any atom is 0.166 e. The van der Waals surface area contributed by atoms with Gasteiger partial charge in [0.05, 0.1) is 13.7 Å². The van der Waals surface area contributed by atoms with Gasteiger partial charge in [-0.15, -0.1) is 0 Å². The molecule has 1 aliphatic rings. The van der Waals surface area contributed by atoms with E-state index in [4.69, 9.17) is 9.47 Å². The zero-order valence-electron chi connectivity index (χ0n) is 13.8. The molecular weight excluding hydrogens is 344 g/mol. The Morgan fingerprint density at radius 1 is 1.36 bits per heavy atom.